The van der Waals surface area contributed by atoms with Crippen LogP contribution in [0.1, 0.15) is 17.7 Å². The van der Waals surface area contributed by atoms with Crippen LogP contribution in [0.2, 0.25) is 0 Å². The van der Waals surface area contributed by atoms with E-state index in [1.165, 1.54) is 5.56 Å². The van der Waals surface area contributed by atoms with Gasteiger partial charge in [-0.15, -0.1) is 0 Å². The maximum atomic E-state index is 12.4. The van der Waals surface area contributed by atoms with Crippen LogP contribution in [-0.2, 0) is 11.2 Å². The first-order chi connectivity index (χ1) is 11.6. The monoisotopic (exact) mass is 324 g/mol. The number of aryl methyl sites for hydroxylation is 2. The molecule has 0 fully saturated rings. The number of pyridine rings is 1. The molecule has 0 saturated heterocycles. The quantitative estimate of drug-likeness (QED) is 0.911. The van der Waals surface area contributed by atoms with Crippen molar-refractivity contribution < 1.29 is 9.59 Å². The number of nitrogens with zero attached hydrogens (tertiary/aromatic N) is 2. The molecule has 2 N–H and O–H groups in total. The van der Waals surface area contributed by atoms with Gasteiger partial charge in [0.2, 0.25) is 5.91 Å². The number of fused-ring (bicyclic) bond motifs is 1. The van der Waals surface area contributed by atoms with Crippen molar-refractivity contribution in [3.63, 3.8) is 0 Å². The zero-order valence-corrected chi connectivity index (χ0v) is 13.6. The molecule has 6 nitrogen and oxygen atoms in total. The summed E-state index contributed by atoms with van der Waals surface area (Å²) in [4.78, 5) is 30.2. The number of carbonyl (C=O) groups is 2. The Balaban J connectivity index is 1.57. The second-order valence-electron chi connectivity index (χ2n) is 5.77. The first-order valence-corrected chi connectivity index (χ1v) is 7.99. The van der Waals surface area contributed by atoms with Crippen molar-refractivity contribution in [2.75, 3.05) is 23.3 Å². The highest BCUT2D eigenvalue weighted by molar-refractivity contribution is 5.99. The average molecular weight is 324 g/mol. The molecule has 1 aliphatic rings. The number of carbonyl (C=O) groups excluding carboxylic acids is 2. The van der Waals surface area contributed by atoms with E-state index in [4.69, 9.17) is 0 Å². The van der Waals surface area contributed by atoms with Gasteiger partial charge in [0.1, 0.15) is 0 Å². The lowest BCUT2D eigenvalue weighted by Crippen LogP contribution is -2.43. The van der Waals surface area contributed by atoms with Crippen LogP contribution in [0.15, 0.2) is 42.6 Å². The van der Waals surface area contributed by atoms with Gasteiger partial charge in [-0.2, -0.15) is 0 Å². The maximum Gasteiger partial charge on any atom is 0.319 e. The Hall–Kier alpha value is -2.89. The first kappa shape index (κ1) is 16.0. The summed E-state index contributed by atoms with van der Waals surface area (Å²) in [6, 6.07) is 11.0. The second kappa shape index (κ2) is 7.12. The standard InChI is InChI=1S/C18H20N4O2/c1-13-11-15(8-9-19-13)21-18(24)20-12-17(23)22-10-4-6-14-5-2-3-7-16(14)22/h2-3,5,7-9,11H,4,6,10,12H2,1H3,(H2,19,20,21,24). The molecule has 0 atom stereocenters. The molecular weight excluding hydrogens is 304 g/mol. The van der Waals surface area contributed by atoms with Crippen LogP contribution in [-0.4, -0.2) is 30.0 Å². The highest BCUT2D eigenvalue weighted by Crippen LogP contribution is 2.26. The van der Waals surface area contributed by atoms with E-state index in [2.05, 4.69) is 15.6 Å². The summed E-state index contributed by atoms with van der Waals surface area (Å²) < 4.78 is 0. The van der Waals surface area contributed by atoms with Gasteiger partial charge in [-0.1, -0.05) is 18.2 Å². The Morgan fingerprint density at radius 1 is 1.25 bits per heavy atom. The van der Waals surface area contributed by atoms with Gasteiger partial charge in [-0.3, -0.25) is 9.78 Å². The number of benzene rings is 1. The second-order valence-corrected chi connectivity index (χ2v) is 5.77. The fourth-order valence-electron chi connectivity index (χ4n) is 2.84. The topological polar surface area (TPSA) is 74.3 Å². The molecule has 2 heterocycles. The van der Waals surface area contributed by atoms with Gasteiger partial charge in [0, 0.05) is 29.8 Å². The molecule has 0 bridgehead atoms. The third-order valence-corrected chi connectivity index (χ3v) is 3.97. The normalized spacial score (nSPS) is 13.1. The summed E-state index contributed by atoms with van der Waals surface area (Å²) in [6.07, 6.45) is 3.54. The van der Waals surface area contributed by atoms with E-state index in [-0.39, 0.29) is 12.5 Å². The Morgan fingerprint density at radius 2 is 2.08 bits per heavy atom. The molecule has 3 rings (SSSR count). The van der Waals surface area contributed by atoms with Crippen LogP contribution in [0, 0.1) is 6.92 Å². The molecule has 0 radical (unpaired) electrons. The zero-order chi connectivity index (χ0) is 16.9. The average Bonchev–Trinajstić information content (AvgIpc) is 2.59. The van der Waals surface area contributed by atoms with E-state index in [9.17, 15) is 9.59 Å². The number of amides is 3. The molecule has 6 heteroatoms. The van der Waals surface area contributed by atoms with E-state index < -0.39 is 6.03 Å². The molecule has 1 aromatic heterocycles. The summed E-state index contributed by atoms with van der Waals surface area (Å²) >= 11 is 0. The predicted octanol–water partition coefficient (Wildman–Crippen LogP) is 2.49. The van der Waals surface area contributed by atoms with Crippen LogP contribution >= 0.6 is 0 Å². The number of aromatic nitrogens is 1. The molecule has 2 aromatic rings. The molecule has 0 spiro atoms. The van der Waals surface area contributed by atoms with Crippen molar-refractivity contribution in [3.05, 3.63) is 53.9 Å². The van der Waals surface area contributed by atoms with Crippen LogP contribution in [0.3, 0.4) is 0 Å². The van der Waals surface area contributed by atoms with E-state index >= 15 is 0 Å². The van der Waals surface area contributed by atoms with Crippen molar-refractivity contribution >= 4 is 23.3 Å². The summed E-state index contributed by atoms with van der Waals surface area (Å²) in [6.45, 7) is 2.49. The minimum absolute atomic E-state index is 0.0375. The Bertz CT molecular complexity index is 760. The fourth-order valence-corrected chi connectivity index (χ4v) is 2.84. The van der Waals surface area contributed by atoms with Crippen molar-refractivity contribution in [1.82, 2.24) is 10.3 Å². The summed E-state index contributed by atoms with van der Waals surface area (Å²) in [5, 5.41) is 5.32. The molecular formula is C18H20N4O2. The molecule has 3 amide bonds. The van der Waals surface area contributed by atoms with Crippen molar-refractivity contribution in [2.24, 2.45) is 0 Å². The van der Waals surface area contributed by atoms with Crippen molar-refractivity contribution in [1.29, 1.82) is 0 Å². The van der Waals surface area contributed by atoms with Gasteiger partial charge >= 0.3 is 6.03 Å². The zero-order valence-electron chi connectivity index (χ0n) is 13.6. The van der Waals surface area contributed by atoms with Gasteiger partial charge in [0.15, 0.2) is 0 Å². The van der Waals surface area contributed by atoms with Crippen molar-refractivity contribution in [3.8, 4) is 0 Å². The first-order valence-electron chi connectivity index (χ1n) is 7.99. The molecule has 1 aliphatic heterocycles. The molecule has 24 heavy (non-hydrogen) atoms. The lowest BCUT2D eigenvalue weighted by atomic mass is 10.0. The summed E-state index contributed by atoms with van der Waals surface area (Å²) in [5.41, 5.74) is 3.58. The Labute approximate surface area is 140 Å². The number of para-hydroxylation sites is 1. The third-order valence-electron chi connectivity index (χ3n) is 3.97. The molecule has 0 saturated carbocycles. The van der Waals surface area contributed by atoms with E-state index in [0.29, 0.717) is 12.2 Å². The number of nitrogens with one attached hydrogen (secondary N) is 2. The largest absolute Gasteiger partial charge is 0.329 e. The predicted molar refractivity (Wildman–Crippen MR) is 93.1 cm³/mol. The highest BCUT2D eigenvalue weighted by atomic mass is 16.2. The molecule has 124 valence electrons. The summed E-state index contributed by atoms with van der Waals surface area (Å²) in [7, 11) is 0. The number of rotatable bonds is 3. The van der Waals surface area contributed by atoms with Crippen LogP contribution < -0.4 is 15.5 Å². The molecule has 1 aromatic carbocycles. The minimum atomic E-state index is -0.403. The van der Waals surface area contributed by atoms with Gasteiger partial charge < -0.3 is 15.5 Å². The van der Waals surface area contributed by atoms with Gasteiger partial charge in [-0.05, 0) is 43.5 Å². The highest BCUT2D eigenvalue weighted by Gasteiger charge is 2.22. The van der Waals surface area contributed by atoms with Gasteiger partial charge in [0.05, 0.1) is 6.54 Å². The minimum Gasteiger partial charge on any atom is -0.329 e. The van der Waals surface area contributed by atoms with E-state index in [1.54, 1.807) is 23.2 Å². The molecule has 0 unspecified atom stereocenters. The van der Waals surface area contributed by atoms with Crippen LogP contribution in [0.25, 0.3) is 0 Å². The smallest absolute Gasteiger partial charge is 0.319 e. The van der Waals surface area contributed by atoms with E-state index in [1.807, 2.05) is 31.2 Å². The van der Waals surface area contributed by atoms with Gasteiger partial charge in [0.25, 0.3) is 0 Å². The lowest BCUT2D eigenvalue weighted by molar-refractivity contribution is -0.117. The van der Waals surface area contributed by atoms with Crippen LogP contribution in [0.5, 0.6) is 0 Å². The van der Waals surface area contributed by atoms with E-state index in [0.717, 1.165) is 24.2 Å². The number of urea groups is 1. The number of hydrogen-bond donors (Lipinski definition) is 2. The SMILES string of the molecule is Cc1cc(NC(=O)NCC(=O)N2CCCc3ccccc32)ccn1. The summed E-state index contributed by atoms with van der Waals surface area (Å²) in [5.74, 6) is -0.108. The lowest BCUT2D eigenvalue weighted by Gasteiger charge is -2.29. The Kier molecular flexibility index (Phi) is 4.74. The number of hydrogen-bond acceptors (Lipinski definition) is 3. The fraction of sp³-hybridized carbons (Fsp3) is 0.278. The van der Waals surface area contributed by atoms with Crippen molar-refractivity contribution in [2.45, 2.75) is 19.8 Å². The van der Waals surface area contributed by atoms with Crippen LogP contribution in [0.4, 0.5) is 16.2 Å². The maximum absolute atomic E-state index is 12.4. The third kappa shape index (κ3) is 3.71. The molecule has 0 aliphatic carbocycles. The van der Waals surface area contributed by atoms with Gasteiger partial charge in [-0.25, -0.2) is 4.79 Å². The number of anilines is 2. The Morgan fingerprint density at radius 3 is 2.92 bits per heavy atom.